The highest BCUT2D eigenvalue weighted by atomic mass is 31.2. The van der Waals surface area contributed by atoms with Gasteiger partial charge in [0.25, 0.3) is 0 Å². The molecule has 0 aromatic heterocycles. The van der Waals surface area contributed by atoms with Gasteiger partial charge in [-0.05, 0) is 32.1 Å². The zero-order valence-corrected chi connectivity index (χ0v) is 35.3. The van der Waals surface area contributed by atoms with Crippen LogP contribution in [0.3, 0.4) is 0 Å². The summed E-state index contributed by atoms with van der Waals surface area (Å²) < 4.78 is 23.5. The first-order chi connectivity index (χ1) is 24.5. The van der Waals surface area contributed by atoms with Gasteiger partial charge < -0.3 is 19.8 Å². The molecule has 3 unspecified atom stereocenters. The van der Waals surface area contributed by atoms with Crippen LogP contribution in [0.4, 0.5) is 0 Å². The van der Waals surface area contributed by atoms with Crippen LogP contribution in [0.2, 0.25) is 0 Å². The van der Waals surface area contributed by atoms with Crippen LogP contribution in [0.1, 0.15) is 200 Å². The van der Waals surface area contributed by atoms with E-state index in [1.54, 1.807) is 0 Å². The highest BCUT2D eigenvalue weighted by Gasteiger charge is 2.28. The van der Waals surface area contributed by atoms with Gasteiger partial charge in [-0.1, -0.05) is 174 Å². The molecule has 0 radical (unpaired) electrons. The van der Waals surface area contributed by atoms with Crippen molar-refractivity contribution in [3.63, 3.8) is 0 Å². The zero-order valence-electron chi connectivity index (χ0n) is 34.4. The molecule has 8 nitrogen and oxygen atoms in total. The first kappa shape index (κ1) is 50.2. The lowest BCUT2D eigenvalue weighted by molar-refractivity contribution is -0.870. The van der Waals surface area contributed by atoms with Gasteiger partial charge in [-0.2, -0.15) is 0 Å². The van der Waals surface area contributed by atoms with Gasteiger partial charge in [0.2, 0.25) is 5.91 Å². The maximum absolute atomic E-state index is 12.8. The van der Waals surface area contributed by atoms with E-state index in [-0.39, 0.29) is 19.1 Å². The van der Waals surface area contributed by atoms with E-state index < -0.39 is 20.0 Å². The van der Waals surface area contributed by atoms with Gasteiger partial charge in [0.15, 0.2) is 0 Å². The van der Waals surface area contributed by atoms with E-state index in [9.17, 15) is 19.4 Å². The molecule has 0 bridgehead atoms. The number of hydrogen-bond donors (Lipinski definition) is 3. The van der Waals surface area contributed by atoms with Crippen molar-refractivity contribution in [1.29, 1.82) is 0 Å². The molecule has 0 aliphatic heterocycles. The normalized spacial score (nSPS) is 14.6. The summed E-state index contributed by atoms with van der Waals surface area (Å²) >= 11 is 0. The Hall–Kier alpha value is -0.760. The molecule has 0 aliphatic rings. The Morgan fingerprint density at radius 2 is 1.06 bits per heavy atom. The quantitative estimate of drug-likeness (QED) is 0.0250. The molecule has 0 rings (SSSR count). The number of nitrogens with zero attached hydrogens (tertiary/aromatic N) is 1. The van der Waals surface area contributed by atoms with Gasteiger partial charge in [0.1, 0.15) is 13.2 Å². The number of aliphatic hydroxyl groups is 1. The number of allylic oxidation sites excluding steroid dienone is 2. The Bertz CT molecular complexity index is 850. The molecule has 0 heterocycles. The molecule has 0 saturated heterocycles. The maximum atomic E-state index is 12.8. The number of quaternary nitrogens is 1. The summed E-state index contributed by atoms with van der Waals surface area (Å²) in [4.78, 5) is 23.0. The first-order valence-electron chi connectivity index (χ1n) is 21.6. The lowest BCUT2D eigenvalue weighted by Gasteiger charge is -2.26. The van der Waals surface area contributed by atoms with Crippen LogP contribution < -0.4 is 5.32 Å². The van der Waals surface area contributed by atoms with E-state index in [1.165, 1.54) is 135 Å². The van der Waals surface area contributed by atoms with Crippen LogP contribution in [0.25, 0.3) is 0 Å². The molecular formula is C42H86N2O6P+. The predicted octanol–water partition coefficient (Wildman–Crippen LogP) is 11.6. The number of likely N-dealkylation sites (N-methyl/N-ethyl adjacent to an activating group) is 1. The van der Waals surface area contributed by atoms with Crippen molar-refractivity contribution in [2.75, 3.05) is 40.9 Å². The number of phosphoric ester groups is 1. The van der Waals surface area contributed by atoms with Crippen molar-refractivity contribution in [2.45, 2.75) is 212 Å². The van der Waals surface area contributed by atoms with E-state index in [0.717, 1.165) is 32.1 Å². The first-order valence-corrected chi connectivity index (χ1v) is 23.0. The third-order valence-electron chi connectivity index (χ3n) is 9.76. The van der Waals surface area contributed by atoms with Crippen LogP contribution >= 0.6 is 7.82 Å². The van der Waals surface area contributed by atoms with Gasteiger partial charge in [0, 0.05) is 6.42 Å². The maximum Gasteiger partial charge on any atom is 0.472 e. The van der Waals surface area contributed by atoms with Crippen LogP contribution in [-0.2, 0) is 18.4 Å². The number of rotatable bonds is 39. The van der Waals surface area contributed by atoms with Gasteiger partial charge in [-0.25, -0.2) is 4.57 Å². The number of carbonyl (C=O) groups is 1. The van der Waals surface area contributed by atoms with Crippen molar-refractivity contribution in [2.24, 2.45) is 0 Å². The lowest BCUT2D eigenvalue weighted by atomic mass is 10.0. The summed E-state index contributed by atoms with van der Waals surface area (Å²) in [6.45, 7) is 4.83. The van der Waals surface area contributed by atoms with Gasteiger partial charge >= 0.3 is 7.82 Å². The summed E-state index contributed by atoms with van der Waals surface area (Å²) in [6.07, 6.45) is 38.3. The van der Waals surface area contributed by atoms with E-state index in [4.69, 9.17) is 9.05 Å². The molecule has 0 spiro atoms. The summed E-state index contributed by atoms with van der Waals surface area (Å²) in [5, 5.41) is 13.9. The number of hydrogen-bond acceptors (Lipinski definition) is 5. The van der Waals surface area contributed by atoms with Crippen molar-refractivity contribution in [1.82, 2.24) is 5.32 Å². The van der Waals surface area contributed by atoms with Crippen LogP contribution in [-0.4, -0.2) is 73.4 Å². The smallest absolute Gasteiger partial charge is 0.391 e. The van der Waals surface area contributed by atoms with E-state index in [0.29, 0.717) is 30.3 Å². The number of unbranched alkanes of at least 4 members (excludes halogenated alkanes) is 24. The summed E-state index contributed by atoms with van der Waals surface area (Å²) in [7, 11) is 1.60. The molecule has 0 aromatic carbocycles. The molecule has 1 amide bonds. The minimum Gasteiger partial charge on any atom is -0.391 e. The molecule has 3 N–H and O–H groups in total. The van der Waals surface area contributed by atoms with Crippen LogP contribution in [0.5, 0.6) is 0 Å². The van der Waals surface area contributed by atoms with Crippen molar-refractivity contribution < 1.29 is 32.9 Å². The Morgan fingerprint density at radius 3 is 1.51 bits per heavy atom. The van der Waals surface area contributed by atoms with E-state index in [1.807, 2.05) is 21.1 Å². The van der Waals surface area contributed by atoms with Crippen molar-refractivity contribution in [3.8, 4) is 0 Å². The Morgan fingerprint density at radius 1 is 0.647 bits per heavy atom. The van der Waals surface area contributed by atoms with Crippen LogP contribution in [0.15, 0.2) is 12.2 Å². The van der Waals surface area contributed by atoms with Crippen molar-refractivity contribution >= 4 is 13.7 Å². The van der Waals surface area contributed by atoms with Crippen molar-refractivity contribution in [3.05, 3.63) is 12.2 Å². The highest BCUT2D eigenvalue weighted by molar-refractivity contribution is 7.47. The molecule has 0 aromatic rings. The Balaban J connectivity index is 4.27. The summed E-state index contributed by atoms with van der Waals surface area (Å²) in [6, 6.07) is -0.769. The van der Waals surface area contributed by atoms with E-state index in [2.05, 4.69) is 31.3 Å². The SMILES string of the molecule is CCCCCC/C=C\CCCC(=O)NC(COP(=O)(O)OCC[N+](C)(C)C)C(O)CCCCCCCCCCCCCCCCCCCCCC. The molecule has 9 heteroatoms. The molecule has 51 heavy (non-hydrogen) atoms. The molecule has 0 aliphatic carbocycles. The molecular weight excluding hydrogens is 659 g/mol. The fourth-order valence-electron chi connectivity index (χ4n) is 6.28. The average Bonchev–Trinajstić information content (AvgIpc) is 3.07. The topological polar surface area (TPSA) is 105 Å². The fourth-order valence-corrected chi connectivity index (χ4v) is 7.02. The van der Waals surface area contributed by atoms with E-state index >= 15 is 0 Å². The molecule has 0 fully saturated rings. The second kappa shape index (κ2) is 35.0. The lowest BCUT2D eigenvalue weighted by Crippen LogP contribution is -2.46. The zero-order chi connectivity index (χ0) is 37.9. The standard InChI is InChI=1S/C42H85N2O6P/c1-6-8-10-12-14-16-17-18-19-20-21-22-23-24-25-26-28-29-31-33-35-41(45)40(39-50-51(47,48)49-38-37-44(3,4)5)43-42(46)36-34-32-30-27-15-13-11-9-7-2/h27,30,40-41,45H,6-26,28-29,31-39H2,1-5H3,(H-,43,46,47,48)/p+1/b30-27-. The van der Waals surface area contributed by atoms with Gasteiger partial charge in [-0.15, -0.1) is 0 Å². The van der Waals surface area contributed by atoms with Gasteiger partial charge in [-0.3, -0.25) is 13.8 Å². The number of carbonyl (C=O) groups excluding carboxylic acids is 1. The Kier molecular flexibility index (Phi) is 34.5. The van der Waals surface area contributed by atoms with Crippen LogP contribution in [0, 0.1) is 0 Å². The molecule has 0 saturated carbocycles. The Labute approximate surface area is 316 Å². The van der Waals surface area contributed by atoms with Gasteiger partial charge in [0.05, 0.1) is 39.9 Å². The third kappa shape index (κ3) is 37.4. The predicted molar refractivity (Wildman–Crippen MR) is 217 cm³/mol. The number of nitrogens with one attached hydrogen (secondary N) is 1. The minimum atomic E-state index is -4.31. The number of aliphatic hydroxyl groups excluding tert-OH is 1. The molecule has 304 valence electrons. The summed E-state index contributed by atoms with van der Waals surface area (Å²) in [5.41, 5.74) is 0. The summed E-state index contributed by atoms with van der Waals surface area (Å²) in [5.74, 6) is -0.179. The second-order valence-electron chi connectivity index (χ2n) is 16.1. The minimum absolute atomic E-state index is 0.0718. The largest absolute Gasteiger partial charge is 0.472 e. The number of amides is 1. The fraction of sp³-hybridized carbons (Fsp3) is 0.929. The number of phosphoric acid groups is 1. The second-order valence-corrected chi connectivity index (χ2v) is 17.5. The average molecular weight is 746 g/mol. The third-order valence-corrected chi connectivity index (χ3v) is 10.7. The molecule has 3 atom stereocenters. The highest BCUT2D eigenvalue weighted by Crippen LogP contribution is 2.43. The monoisotopic (exact) mass is 746 g/mol.